The van der Waals surface area contributed by atoms with Crippen molar-refractivity contribution >= 4 is 15.4 Å². The minimum atomic E-state index is 0.996. The molecule has 43 valence electrons. The average Bonchev–Trinajstić information content (AvgIpc) is 1.89. The van der Waals surface area contributed by atoms with E-state index in [1.807, 2.05) is 34.5 Å². The zero-order valence-electron chi connectivity index (χ0n) is 5.09. The highest BCUT2D eigenvalue weighted by atomic mass is 28.1. The summed E-state index contributed by atoms with van der Waals surface area (Å²) in [7, 11) is 1.82. The predicted octanol–water partition coefficient (Wildman–Crippen LogP) is -0.0737. The Morgan fingerprint density at radius 2 is 2.00 bits per heavy atom. The zero-order chi connectivity index (χ0) is 6.69. The highest BCUT2D eigenvalue weighted by Gasteiger charge is 1.87. The molecule has 1 aromatic carbocycles. The second kappa shape index (κ2) is 2.52. The summed E-state index contributed by atoms with van der Waals surface area (Å²) in [5.74, 6) is 2.60. The van der Waals surface area contributed by atoms with Crippen molar-refractivity contribution in [2.24, 2.45) is 0 Å². The SMILES string of the molecule is C#Cc1ccccc1[SiH2]. The molecule has 0 bridgehead atoms. The van der Waals surface area contributed by atoms with Gasteiger partial charge in [-0.05, 0) is 6.07 Å². The summed E-state index contributed by atoms with van der Waals surface area (Å²) >= 11 is 0. The van der Waals surface area contributed by atoms with Crippen LogP contribution in [0.2, 0.25) is 0 Å². The summed E-state index contributed by atoms with van der Waals surface area (Å²) in [5, 5.41) is 1.19. The molecule has 9 heavy (non-hydrogen) atoms. The molecule has 1 radical (unpaired) electrons. The molecule has 0 atom stereocenters. The van der Waals surface area contributed by atoms with Crippen molar-refractivity contribution in [1.29, 1.82) is 0 Å². The quantitative estimate of drug-likeness (QED) is 0.341. The van der Waals surface area contributed by atoms with Crippen molar-refractivity contribution in [3.05, 3.63) is 29.8 Å². The number of hydrogen-bond donors (Lipinski definition) is 0. The molecule has 0 unspecified atom stereocenters. The van der Waals surface area contributed by atoms with Crippen LogP contribution in [0, 0.1) is 12.3 Å². The molecule has 0 fully saturated rings. The summed E-state index contributed by atoms with van der Waals surface area (Å²) in [6.07, 6.45) is 5.21. The van der Waals surface area contributed by atoms with Crippen LogP contribution in [0.15, 0.2) is 24.3 Å². The molecule has 0 heterocycles. The Kier molecular flexibility index (Phi) is 1.71. The van der Waals surface area contributed by atoms with E-state index >= 15 is 0 Å². The Balaban J connectivity index is 3.20. The van der Waals surface area contributed by atoms with Gasteiger partial charge < -0.3 is 0 Å². The van der Waals surface area contributed by atoms with Crippen LogP contribution in [0.3, 0.4) is 0 Å². The fraction of sp³-hybridized carbons (Fsp3) is 0. The van der Waals surface area contributed by atoms with Gasteiger partial charge in [-0.25, -0.2) is 0 Å². The number of terminal acetylenes is 1. The lowest BCUT2D eigenvalue weighted by Crippen LogP contribution is -2.05. The maximum atomic E-state index is 5.21. The highest BCUT2D eigenvalue weighted by molar-refractivity contribution is 6.33. The standard InChI is InChI=1S/C8H7Si/c1-2-7-5-3-4-6-8(7)9/h1,3-6H,9H2. The maximum Gasteiger partial charge on any atom is 0.0494 e. The number of rotatable bonds is 0. The van der Waals surface area contributed by atoms with Gasteiger partial charge in [-0.2, -0.15) is 0 Å². The van der Waals surface area contributed by atoms with E-state index in [1.54, 1.807) is 0 Å². The Hall–Kier alpha value is -1.00. The molecular formula is C8H7Si. The van der Waals surface area contributed by atoms with E-state index in [9.17, 15) is 0 Å². The summed E-state index contributed by atoms with van der Waals surface area (Å²) in [4.78, 5) is 0. The first-order valence-corrected chi connectivity index (χ1v) is 3.43. The maximum absolute atomic E-state index is 5.21. The lowest BCUT2D eigenvalue weighted by molar-refractivity contribution is 1.71. The first-order valence-electron chi connectivity index (χ1n) is 2.72. The Labute approximate surface area is 58.3 Å². The minimum absolute atomic E-state index is 0.996. The van der Waals surface area contributed by atoms with Gasteiger partial charge in [0.2, 0.25) is 0 Å². The van der Waals surface area contributed by atoms with Crippen LogP contribution < -0.4 is 5.19 Å². The molecule has 0 amide bonds. The second-order valence-corrected chi connectivity index (χ2v) is 2.56. The predicted molar refractivity (Wildman–Crippen MR) is 42.6 cm³/mol. The van der Waals surface area contributed by atoms with Gasteiger partial charge in [0, 0.05) is 15.8 Å². The van der Waals surface area contributed by atoms with Crippen molar-refractivity contribution < 1.29 is 0 Å². The van der Waals surface area contributed by atoms with Gasteiger partial charge in [0.05, 0.1) is 0 Å². The molecule has 0 aromatic heterocycles. The number of hydrogen-bond acceptors (Lipinski definition) is 0. The van der Waals surface area contributed by atoms with Gasteiger partial charge in [0.15, 0.2) is 0 Å². The summed E-state index contributed by atoms with van der Waals surface area (Å²) in [6, 6.07) is 7.91. The van der Waals surface area contributed by atoms with E-state index in [1.165, 1.54) is 5.19 Å². The van der Waals surface area contributed by atoms with E-state index in [2.05, 4.69) is 5.92 Å². The Morgan fingerprint density at radius 1 is 1.33 bits per heavy atom. The fourth-order valence-electron chi connectivity index (χ4n) is 0.661. The van der Waals surface area contributed by atoms with Gasteiger partial charge >= 0.3 is 0 Å². The third kappa shape index (κ3) is 1.21. The van der Waals surface area contributed by atoms with Crippen LogP contribution in [-0.4, -0.2) is 10.2 Å². The van der Waals surface area contributed by atoms with Crippen molar-refractivity contribution in [3.8, 4) is 12.3 Å². The smallest absolute Gasteiger partial charge is 0.0494 e. The Morgan fingerprint density at radius 3 is 2.44 bits per heavy atom. The van der Waals surface area contributed by atoms with Crippen LogP contribution in [0.1, 0.15) is 5.56 Å². The Bertz CT molecular complexity index is 245. The van der Waals surface area contributed by atoms with Gasteiger partial charge in [-0.3, -0.25) is 0 Å². The molecule has 1 rings (SSSR count). The highest BCUT2D eigenvalue weighted by Crippen LogP contribution is 1.89. The minimum Gasteiger partial charge on any atom is -0.115 e. The van der Waals surface area contributed by atoms with Crippen LogP contribution >= 0.6 is 0 Å². The summed E-state index contributed by atoms with van der Waals surface area (Å²) < 4.78 is 0. The fourth-order valence-corrected chi connectivity index (χ4v) is 1.02. The molecular weight excluding hydrogens is 124 g/mol. The first-order chi connectivity index (χ1) is 4.34. The van der Waals surface area contributed by atoms with Gasteiger partial charge in [-0.15, -0.1) is 6.42 Å². The first kappa shape index (κ1) is 6.12. The molecule has 0 aliphatic carbocycles. The van der Waals surface area contributed by atoms with Crippen LogP contribution in [0.4, 0.5) is 0 Å². The second-order valence-electron chi connectivity index (χ2n) is 1.80. The molecule has 1 heteroatoms. The lowest BCUT2D eigenvalue weighted by atomic mass is 10.2. The van der Waals surface area contributed by atoms with Crippen molar-refractivity contribution in [1.82, 2.24) is 0 Å². The molecule has 0 spiro atoms. The molecule has 0 N–H and O–H groups in total. The lowest BCUT2D eigenvalue weighted by Gasteiger charge is -1.92. The topological polar surface area (TPSA) is 0 Å². The van der Waals surface area contributed by atoms with Crippen molar-refractivity contribution in [3.63, 3.8) is 0 Å². The molecule has 0 saturated carbocycles. The molecule has 0 aliphatic rings. The van der Waals surface area contributed by atoms with E-state index in [0.29, 0.717) is 0 Å². The van der Waals surface area contributed by atoms with E-state index < -0.39 is 0 Å². The van der Waals surface area contributed by atoms with Crippen LogP contribution in [0.5, 0.6) is 0 Å². The zero-order valence-corrected chi connectivity index (χ0v) is 6.51. The average molecular weight is 131 g/mol. The molecule has 0 saturated heterocycles. The van der Waals surface area contributed by atoms with Gasteiger partial charge in [0.1, 0.15) is 0 Å². The monoisotopic (exact) mass is 131 g/mol. The van der Waals surface area contributed by atoms with Crippen LogP contribution in [-0.2, 0) is 0 Å². The van der Waals surface area contributed by atoms with Crippen LogP contribution in [0.25, 0.3) is 0 Å². The van der Waals surface area contributed by atoms with E-state index in [0.717, 1.165) is 5.56 Å². The molecule has 0 aliphatic heterocycles. The third-order valence-electron chi connectivity index (χ3n) is 1.17. The molecule has 0 nitrogen and oxygen atoms in total. The molecule has 1 aromatic rings. The largest absolute Gasteiger partial charge is 0.115 e. The van der Waals surface area contributed by atoms with Gasteiger partial charge in [-0.1, -0.05) is 29.3 Å². The van der Waals surface area contributed by atoms with Gasteiger partial charge in [0.25, 0.3) is 0 Å². The normalized spacial score (nSPS) is 8.44. The van der Waals surface area contributed by atoms with E-state index in [-0.39, 0.29) is 0 Å². The summed E-state index contributed by atoms with van der Waals surface area (Å²) in [6.45, 7) is 0. The third-order valence-corrected chi connectivity index (χ3v) is 1.79. The summed E-state index contributed by atoms with van der Waals surface area (Å²) in [5.41, 5.74) is 0.996. The van der Waals surface area contributed by atoms with E-state index in [4.69, 9.17) is 6.42 Å². The van der Waals surface area contributed by atoms with Crippen molar-refractivity contribution in [2.45, 2.75) is 0 Å². The van der Waals surface area contributed by atoms with Crippen molar-refractivity contribution in [2.75, 3.05) is 0 Å². The number of benzene rings is 1.